The second-order valence-corrected chi connectivity index (χ2v) is 5.04. The maximum Gasteiger partial charge on any atom is 0.179 e. The van der Waals surface area contributed by atoms with Crippen LogP contribution in [0.15, 0.2) is 46.7 Å². The van der Waals surface area contributed by atoms with E-state index in [0.717, 1.165) is 6.21 Å². The molecule has 0 fully saturated rings. The van der Waals surface area contributed by atoms with Gasteiger partial charge in [-0.25, -0.2) is 8.78 Å². The molecule has 0 radical (unpaired) electrons. The lowest BCUT2D eigenvalue weighted by Gasteiger charge is -2.00. The molecule has 0 aliphatic rings. The maximum absolute atomic E-state index is 12.9. The number of halogens is 5. The molecule has 0 heterocycles. The highest BCUT2D eigenvalue weighted by Gasteiger charge is 2.11. The van der Waals surface area contributed by atoms with Crippen molar-refractivity contribution in [2.75, 3.05) is 0 Å². The molecule has 23 heavy (non-hydrogen) atoms. The summed E-state index contributed by atoms with van der Waals surface area (Å²) in [6, 6.07) is 8.29. The topological polar surface area (TPSA) is 65.2 Å². The van der Waals surface area contributed by atoms with Crippen molar-refractivity contribution in [1.29, 1.82) is 0 Å². The Hall–Kier alpha value is -1.89. The van der Waals surface area contributed by atoms with Crippen molar-refractivity contribution in [3.63, 3.8) is 0 Å². The first kappa shape index (κ1) is 19.2. The number of rotatable bonds is 2. The number of hydrogen-bond acceptors (Lipinski definition) is 4. The molecule has 2 aromatic rings. The quantitative estimate of drug-likeness (QED) is 0.430. The van der Waals surface area contributed by atoms with Crippen molar-refractivity contribution < 1.29 is 19.2 Å². The van der Waals surface area contributed by atoms with Crippen LogP contribution in [-0.4, -0.2) is 21.8 Å². The van der Waals surface area contributed by atoms with Gasteiger partial charge in [-0.05, 0) is 24.3 Å². The minimum absolute atomic E-state index is 0.0941. The zero-order valence-electron chi connectivity index (χ0n) is 11.2. The fourth-order valence-corrected chi connectivity index (χ4v) is 2.14. The van der Waals surface area contributed by atoms with Gasteiger partial charge >= 0.3 is 0 Å². The molecule has 122 valence electrons. The first-order valence-corrected chi connectivity index (χ1v) is 6.99. The molecule has 0 aliphatic heterocycles. The van der Waals surface area contributed by atoms with E-state index >= 15 is 0 Å². The first-order chi connectivity index (χ1) is 10.9. The molecule has 2 rings (SSSR count). The Morgan fingerprint density at radius 1 is 0.957 bits per heavy atom. The third-order valence-electron chi connectivity index (χ3n) is 2.44. The van der Waals surface area contributed by atoms with Crippen molar-refractivity contribution >= 4 is 46.2 Å². The van der Waals surface area contributed by atoms with Crippen LogP contribution in [-0.2, 0) is 0 Å². The van der Waals surface area contributed by atoms with E-state index in [-0.39, 0.29) is 26.3 Å². The molecule has 0 atom stereocenters. The van der Waals surface area contributed by atoms with Crippen LogP contribution < -0.4 is 0 Å². The standard InChI is InChI=1S/C7H4Cl2FNO.C7H5ClFNO/c8-4-2-1-3-5(10)6(4)7(9)11-12;8-6-2-1-3-7(9)5(6)4-10-11/h1-3,12H;1-4,11H/b11-7-;10-4+. The van der Waals surface area contributed by atoms with Gasteiger partial charge in [0.15, 0.2) is 5.17 Å². The molecule has 0 saturated carbocycles. The largest absolute Gasteiger partial charge is 0.411 e. The average molecular weight is 382 g/mol. The SMILES string of the molecule is O/N=C(\Cl)c1c(F)cccc1Cl.O/N=C/c1c(F)cccc1Cl. The fraction of sp³-hybridized carbons (Fsp3) is 0. The summed E-state index contributed by atoms with van der Waals surface area (Å²) in [4.78, 5) is 0. The van der Waals surface area contributed by atoms with E-state index in [2.05, 4.69) is 10.3 Å². The zero-order chi connectivity index (χ0) is 17.4. The Morgan fingerprint density at radius 3 is 2.00 bits per heavy atom. The van der Waals surface area contributed by atoms with E-state index < -0.39 is 11.6 Å². The van der Waals surface area contributed by atoms with Crippen LogP contribution in [0.4, 0.5) is 8.78 Å². The van der Waals surface area contributed by atoms with Gasteiger partial charge in [0.05, 0.1) is 27.4 Å². The van der Waals surface area contributed by atoms with Gasteiger partial charge in [-0.1, -0.05) is 57.2 Å². The molecule has 4 nitrogen and oxygen atoms in total. The molecule has 0 unspecified atom stereocenters. The van der Waals surface area contributed by atoms with Gasteiger partial charge < -0.3 is 10.4 Å². The highest BCUT2D eigenvalue weighted by molar-refractivity contribution is 6.70. The normalized spacial score (nSPS) is 11.3. The van der Waals surface area contributed by atoms with Crippen LogP contribution in [0.1, 0.15) is 11.1 Å². The third-order valence-corrected chi connectivity index (χ3v) is 3.35. The van der Waals surface area contributed by atoms with Crippen molar-refractivity contribution in [2.45, 2.75) is 0 Å². The third kappa shape index (κ3) is 5.35. The monoisotopic (exact) mass is 380 g/mol. The Bertz CT molecular complexity index is 699. The van der Waals surface area contributed by atoms with Crippen molar-refractivity contribution in [1.82, 2.24) is 0 Å². The molecule has 0 aliphatic carbocycles. The van der Waals surface area contributed by atoms with Crippen LogP contribution in [0, 0.1) is 11.6 Å². The number of hydrogen-bond donors (Lipinski definition) is 2. The fourth-order valence-electron chi connectivity index (χ4n) is 1.44. The van der Waals surface area contributed by atoms with Crippen LogP contribution in [0.25, 0.3) is 0 Å². The van der Waals surface area contributed by atoms with Gasteiger partial charge in [0, 0.05) is 0 Å². The van der Waals surface area contributed by atoms with E-state index in [1.54, 1.807) is 0 Å². The lowest BCUT2D eigenvalue weighted by Crippen LogP contribution is -1.96. The minimum atomic E-state index is -0.620. The molecule has 9 heteroatoms. The second-order valence-electron chi connectivity index (χ2n) is 3.87. The van der Waals surface area contributed by atoms with Crippen molar-refractivity contribution in [3.05, 3.63) is 69.2 Å². The van der Waals surface area contributed by atoms with Gasteiger partial charge in [-0.15, -0.1) is 0 Å². The number of benzene rings is 2. The molecule has 0 saturated heterocycles. The van der Waals surface area contributed by atoms with Gasteiger partial charge in [0.2, 0.25) is 0 Å². The van der Waals surface area contributed by atoms with Gasteiger partial charge in [-0.2, -0.15) is 0 Å². The Morgan fingerprint density at radius 2 is 1.52 bits per heavy atom. The van der Waals surface area contributed by atoms with E-state index in [4.69, 9.17) is 45.2 Å². The minimum Gasteiger partial charge on any atom is -0.411 e. The average Bonchev–Trinajstić information content (AvgIpc) is 2.51. The summed E-state index contributed by atoms with van der Waals surface area (Å²) in [6.45, 7) is 0. The van der Waals surface area contributed by atoms with Crippen molar-refractivity contribution in [3.8, 4) is 0 Å². The molecular formula is C14H9Cl3F2N2O2. The Balaban J connectivity index is 0.000000231. The summed E-state index contributed by atoms with van der Waals surface area (Å²) in [6.07, 6.45) is 0.956. The summed E-state index contributed by atoms with van der Waals surface area (Å²) in [7, 11) is 0. The molecule has 0 bridgehead atoms. The summed E-state index contributed by atoms with van der Waals surface area (Å²) in [5, 5.41) is 21.7. The lowest BCUT2D eigenvalue weighted by atomic mass is 10.2. The second kappa shape index (κ2) is 9.29. The Labute approximate surface area is 145 Å². The highest BCUT2D eigenvalue weighted by atomic mass is 35.5. The van der Waals surface area contributed by atoms with Crippen LogP contribution in [0.2, 0.25) is 10.0 Å². The zero-order valence-corrected chi connectivity index (χ0v) is 13.5. The van der Waals surface area contributed by atoms with E-state index in [1.807, 2.05) is 0 Å². The van der Waals surface area contributed by atoms with Crippen LogP contribution in [0.3, 0.4) is 0 Å². The molecule has 0 spiro atoms. The van der Waals surface area contributed by atoms with Crippen molar-refractivity contribution in [2.24, 2.45) is 10.3 Å². The first-order valence-electron chi connectivity index (χ1n) is 5.85. The molecule has 2 aromatic carbocycles. The smallest absolute Gasteiger partial charge is 0.179 e. The molecule has 0 aromatic heterocycles. The van der Waals surface area contributed by atoms with Gasteiger partial charge in [0.1, 0.15) is 11.6 Å². The predicted octanol–water partition coefficient (Wildman–Crippen LogP) is 5.14. The van der Waals surface area contributed by atoms with E-state index in [1.165, 1.54) is 36.4 Å². The van der Waals surface area contributed by atoms with Crippen LogP contribution in [0.5, 0.6) is 0 Å². The maximum atomic E-state index is 12.9. The van der Waals surface area contributed by atoms with Crippen LogP contribution >= 0.6 is 34.8 Å². The Kier molecular flexibility index (Phi) is 7.74. The lowest BCUT2D eigenvalue weighted by molar-refractivity contribution is 0.320. The summed E-state index contributed by atoms with van der Waals surface area (Å²) >= 11 is 16.5. The highest BCUT2D eigenvalue weighted by Crippen LogP contribution is 2.21. The van der Waals surface area contributed by atoms with E-state index in [9.17, 15) is 8.78 Å². The summed E-state index contributed by atoms with van der Waals surface area (Å²) in [5.74, 6) is -1.12. The summed E-state index contributed by atoms with van der Waals surface area (Å²) < 4.78 is 25.7. The number of nitrogens with zero attached hydrogens (tertiary/aromatic N) is 2. The molecule has 0 amide bonds. The number of oxime groups is 2. The molecule has 2 N–H and O–H groups in total. The predicted molar refractivity (Wildman–Crippen MR) is 86.4 cm³/mol. The summed E-state index contributed by atoms with van der Waals surface area (Å²) in [5.41, 5.74) is 0.000000000000000888. The van der Waals surface area contributed by atoms with E-state index in [0.29, 0.717) is 0 Å². The van der Waals surface area contributed by atoms with Gasteiger partial charge in [0.25, 0.3) is 0 Å². The van der Waals surface area contributed by atoms with Gasteiger partial charge in [-0.3, -0.25) is 0 Å². The molecular weight excluding hydrogens is 373 g/mol.